The molecule has 0 aromatic heterocycles. The molecule has 0 spiro atoms. The second-order valence-corrected chi connectivity index (χ2v) is 5.65. The third-order valence-corrected chi connectivity index (χ3v) is 4.55. The molecule has 0 radical (unpaired) electrons. The Hall–Kier alpha value is -0.940. The van der Waals surface area contributed by atoms with Gasteiger partial charge in [0.1, 0.15) is 5.82 Å². The topological polar surface area (TPSA) is 38.0 Å². The van der Waals surface area contributed by atoms with E-state index in [2.05, 4.69) is 28.3 Å². The number of rotatable bonds is 4. The van der Waals surface area contributed by atoms with Gasteiger partial charge in [-0.1, -0.05) is 48.9 Å². The van der Waals surface area contributed by atoms with Gasteiger partial charge in [0.2, 0.25) is 0 Å². The number of nitrogens with one attached hydrogen (secondary N) is 1. The summed E-state index contributed by atoms with van der Waals surface area (Å²) in [6.07, 6.45) is 0.847. The monoisotopic (exact) mass is 356 g/mol. The van der Waals surface area contributed by atoms with Gasteiger partial charge in [-0.25, -0.2) is 9.82 Å². The van der Waals surface area contributed by atoms with E-state index in [4.69, 9.17) is 17.4 Å². The lowest BCUT2D eigenvalue weighted by molar-refractivity contribution is 0.558. The zero-order valence-electron chi connectivity index (χ0n) is 11.0. The normalized spacial score (nSPS) is 12.4. The second-order valence-electron chi connectivity index (χ2n) is 4.42. The molecule has 0 amide bonds. The molecule has 3 N–H and O–H groups in total. The maximum absolute atomic E-state index is 14.4. The van der Waals surface area contributed by atoms with Crippen molar-refractivity contribution in [1.82, 2.24) is 5.43 Å². The van der Waals surface area contributed by atoms with Crippen molar-refractivity contribution in [3.05, 3.63) is 68.4 Å². The zero-order valence-corrected chi connectivity index (χ0v) is 13.3. The third kappa shape index (κ3) is 2.88. The van der Waals surface area contributed by atoms with Crippen LogP contribution in [0.2, 0.25) is 5.02 Å². The average molecular weight is 358 g/mol. The Morgan fingerprint density at radius 2 is 1.95 bits per heavy atom. The number of halogens is 3. The van der Waals surface area contributed by atoms with Crippen molar-refractivity contribution in [3.8, 4) is 0 Å². The SMILES string of the molecule is CCc1ccccc1C(NN)c1ccc(Br)c(Cl)c1F. The summed E-state index contributed by atoms with van der Waals surface area (Å²) in [5.74, 6) is 5.18. The number of nitrogens with two attached hydrogens (primary N) is 1. The minimum atomic E-state index is -0.463. The van der Waals surface area contributed by atoms with Crippen LogP contribution < -0.4 is 11.3 Å². The number of benzene rings is 2. The minimum Gasteiger partial charge on any atom is -0.271 e. The largest absolute Gasteiger partial charge is 0.271 e. The predicted molar refractivity (Wildman–Crippen MR) is 84.1 cm³/mol. The summed E-state index contributed by atoms with van der Waals surface area (Å²) in [6, 6.07) is 10.8. The highest BCUT2D eigenvalue weighted by Crippen LogP contribution is 2.33. The van der Waals surface area contributed by atoms with Crippen LogP contribution in [0, 0.1) is 5.82 Å². The van der Waals surface area contributed by atoms with Crippen LogP contribution in [0.15, 0.2) is 40.9 Å². The van der Waals surface area contributed by atoms with E-state index in [0.29, 0.717) is 10.0 Å². The fraction of sp³-hybridized carbons (Fsp3) is 0.200. The lowest BCUT2D eigenvalue weighted by Gasteiger charge is -2.21. The van der Waals surface area contributed by atoms with Crippen LogP contribution in [-0.4, -0.2) is 0 Å². The van der Waals surface area contributed by atoms with Gasteiger partial charge < -0.3 is 0 Å². The smallest absolute Gasteiger partial charge is 0.148 e. The molecule has 106 valence electrons. The first-order valence-corrected chi connectivity index (χ1v) is 7.44. The Morgan fingerprint density at radius 1 is 1.25 bits per heavy atom. The fourth-order valence-corrected chi connectivity index (χ4v) is 2.73. The van der Waals surface area contributed by atoms with Gasteiger partial charge in [-0.3, -0.25) is 5.84 Å². The summed E-state index contributed by atoms with van der Waals surface area (Å²) in [5.41, 5.74) is 5.19. The molecule has 0 bridgehead atoms. The standard InChI is InChI=1S/C15H15BrClFN2/c1-2-9-5-3-4-6-10(9)15(20-19)11-7-8-12(16)13(17)14(11)18/h3-8,15,20H,2,19H2,1H3. The molecule has 0 aliphatic rings. The molecule has 5 heteroatoms. The first-order valence-electron chi connectivity index (χ1n) is 6.27. The van der Waals surface area contributed by atoms with Crippen molar-refractivity contribution in [3.63, 3.8) is 0 Å². The van der Waals surface area contributed by atoms with Gasteiger partial charge in [0.25, 0.3) is 0 Å². The quantitative estimate of drug-likeness (QED) is 0.485. The number of hydrogen-bond donors (Lipinski definition) is 2. The number of hydrogen-bond acceptors (Lipinski definition) is 2. The van der Waals surface area contributed by atoms with E-state index in [1.807, 2.05) is 24.3 Å². The molecule has 2 rings (SSSR count). The van der Waals surface area contributed by atoms with Gasteiger partial charge in [-0.2, -0.15) is 0 Å². The van der Waals surface area contributed by atoms with E-state index in [-0.39, 0.29) is 5.02 Å². The summed E-state index contributed by atoms with van der Waals surface area (Å²) >= 11 is 9.17. The highest BCUT2D eigenvalue weighted by molar-refractivity contribution is 9.10. The van der Waals surface area contributed by atoms with Crippen molar-refractivity contribution in [2.45, 2.75) is 19.4 Å². The lowest BCUT2D eigenvalue weighted by atomic mass is 9.93. The summed E-state index contributed by atoms with van der Waals surface area (Å²) in [6.45, 7) is 2.05. The van der Waals surface area contributed by atoms with E-state index < -0.39 is 11.9 Å². The molecule has 0 fully saturated rings. The molecular weight excluding hydrogens is 343 g/mol. The lowest BCUT2D eigenvalue weighted by Crippen LogP contribution is -2.30. The van der Waals surface area contributed by atoms with Crippen LogP contribution in [0.1, 0.15) is 29.7 Å². The minimum absolute atomic E-state index is 0.0664. The Balaban J connectivity index is 2.56. The van der Waals surface area contributed by atoms with Gasteiger partial charge in [0.05, 0.1) is 11.1 Å². The van der Waals surface area contributed by atoms with E-state index >= 15 is 0 Å². The van der Waals surface area contributed by atoms with Gasteiger partial charge in [0.15, 0.2) is 0 Å². The molecule has 2 aromatic carbocycles. The molecule has 0 saturated heterocycles. The molecule has 0 aliphatic carbocycles. The predicted octanol–water partition coefficient (Wildman–Crippen LogP) is 4.36. The Morgan fingerprint density at radius 3 is 2.60 bits per heavy atom. The van der Waals surface area contributed by atoms with Crippen molar-refractivity contribution in [1.29, 1.82) is 0 Å². The van der Waals surface area contributed by atoms with E-state index in [0.717, 1.165) is 17.5 Å². The third-order valence-electron chi connectivity index (χ3n) is 3.29. The van der Waals surface area contributed by atoms with Gasteiger partial charge in [0, 0.05) is 10.0 Å². The van der Waals surface area contributed by atoms with Crippen molar-refractivity contribution in [2.75, 3.05) is 0 Å². The average Bonchev–Trinajstić information content (AvgIpc) is 2.48. The van der Waals surface area contributed by atoms with Crippen molar-refractivity contribution in [2.24, 2.45) is 5.84 Å². The summed E-state index contributed by atoms with van der Waals surface area (Å²) in [4.78, 5) is 0. The summed E-state index contributed by atoms with van der Waals surface area (Å²) in [7, 11) is 0. The van der Waals surface area contributed by atoms with Crippen molar-refractivity contribution >= 4 is 27.5 Å². The van der Waals surface area contributed by atoms with Crippen LogP contribution in [0.5, 0.6) is 0 Å². The molecule has 2 nitrogen and oxygen atoms in total. The maximum Gasteiger partial charge on any atom is 0.148 e. The number of aryl methyl sites for hydroxylation is 1. The van der Waals surface area contributed by atoms with Crippen molar-refractivity contribution < 1.29 is 4.39 Å². The Kier molecular flexibility index (Phi) is 5.16. The van der Waals surface area contributed by atoms with Crippen LogP contribution in [0.25, 0.3) is 0 Å². The Labute approximate surface area is 131 Å². The molecule has 0 saturated carbocycles. The van der Waals surface area contributed by atoms with Crippen LogP contribution in [0.3, 0.4) is 0 Å². The fourth-order valence-electron chi connectivity index (χ4n) is 2.25. The van der Waals surface area contributed by atoms with E-state index in [9.17, 15) is 4.39 Å². The first-order chi connectivity index (χ1) is 9.60. The van der Waals surface area contributed by atoms with Crippen LogP contribution >= 0.6 is 27.5 Å². The molecule has 0 heterocycles. The maximum atomic E-state index is 14.4. The molecular formula is C15H15BrClFN2. The van der Waals surface area contributed by atoms with Crippen LogP contribution in [0.4, 0.5) is 4.39 Å². The van der Waals surface area contributed by atoms with E-state index in [1.165, 1.54) is 0 Å². The second kappa shape index (κ2) is 6.68. The summed E-state index contributed by atoms with van der Waals surface area (Å²) in [5, 5.41) is 0.0664. The van der Waals surface area contributed by atoms with Gasteiger partial charge in [-0.05, 0) is 39.5 Å². The molecule has 2 aromatic rings. The Bertz CT molecular complexity index is 619. The molecule has 1 unspecified atom stereocenters. The zero-order chi connectivity index (χ0) is 14.7. The van der Waals surface area contributed by atoms with Crippen LogP contribution in [-0.2, 0) is 6.42 Å². The molecule has 0 aliphatic heterocycles. The highest BCUT2D eigenvalue weighted by atomic mass is 79.9. The molecule has 1 atom stereocenters. The van der Waals surface area contributed by atoms with Gasteiger partial charge in [-0.15, -0.1) is 0 Å². The first kappa shape index (κ1) is 15.4. The number of hydrazine groups is 1. The van der Waals surface area contributed by atoms with Gasteiger partial charge >= 0.3 is 0 Å². The van der Waals surface area contributed by atoms with E-state index in [1.54, 1.807) is 12.1 Å². The molecule has 20 heavy (non-hydrogen) atoms. The summed E-state index contributed by atoms with van der Waals surface area (Å²) < 4.78 is 14.9. The highest BCUT2D eigenvalue weighted by Gasteiger charge is 2.21.